The summed E-state index contributed by atoms with van der Waals surface area (Å²) in [7, 11) is 1.40. The molecule has 0 aromatic carbocycles. The SMILES string of the molecule is COC(=O)/C=C/[C@H]1CC[C@]2(O)[C@@H]3CC[C@@H]4C[C@@H](O[C@@H]5C[C@H](O)[C@H](O)[C@@H](C)O5)CC[C@]4(C)[C@H]3CC[C@]12C. The van der Waals surface area contributed by atoms with Crippen molar-refractivity contribution in [1.82, 2.24) is 0 Å². The van der Waals surface area contributed by atoms with E-state index in [4.69, 9.17) is 14.2 Å². The number of allylic oxidation sites excluding steroid dienone is 1. The van der Waals surface area contributed by atoms with Gasteiger partial charge in [-0.1, -0.05) is 19.9 Å². The van der Waals surface area contributed by atoms with Crippen LogP contribution < -0.4 is 0 Å². The van der Waals surface area contributed by atoms with Crippen LogP contribution in [0.1, 0.15) is 85.0 Å². The lowest BCUT2D eigenvalue weighted by atomic mass is 9.43. The summed E-state index contributed by atoms with van der Waals surface area (Å²) >= 11 is 0. The lowest BCUT2D eigenvalue weighted by molar-refractivity contribution is -0.270. The lowest BCUT2D eigenvalue weighted by Gasteiger charge is -2.63. The molecule has 5 aliphatic rings. The molecule has 7 heteroatoms. The number of hydrogen-bond donors (Lipinski definition) is 3. The molecule has 204 valence electrons. The van der Waals surface area contributed by atoms with Gasteiger partial charge in [0.15, 0.2) is 6.29 Å². The number of ether oxygens (including phenoxy) is 3. The second-order valence-electron chi connectivity index (χ2n) is 13.0. The molecule has 1 heterocycles. The van der Waals surface area contributed by atoms with Gasteiger partial charge < -0.3 is 29.5 Å². The Kier molecular flexibility index (Phi) is 7.12. The third kappa shape index (κ3) is 4.17. The van der Waals surface area contributed by atoms with Crippen molar-refractivity contribution in [2.45, 2.75) is 121 Å². The molecular weight excluding hydrogens is 460 g/mol. The van der Waals surface area contributed by atoms with Crippen molar-refractivity contribution in [2.24, 2.45) is 34.5 Å². The van der Waals surface area contributed by atoms with Crippen LogP contribution in [0.15, 0.2) is 12.2 Å². The largest absolute Gasteiger partial charge is 0.466 e. The van der Waals surface area contributed by atoms with Gasteiger partial charge in [0.2, 0.25) is 0 Å². The standard InChI is InChI=1S/C29H46O7/c1-17-26(32)23(30)16-25(35-17)36-20-10-12-27(2)19(15-20)5-7-22-21(27)11-13-28(3)18(6-8-24(31)34-4)9-14-29(22,28)33/h6,8,17-23,25-26,30,32-33H,5,7,9-16H2,1-4H3/b8-6+/t17-,18+,19-,20+,21+,22-,23+,25-,26-,27+,28-,29+/m1/s1. The second-order valence-corrected chi connectivity index (χ2v) is 13.0. The number of fused-ring (bicyclic) bond motifs is 5. The van der Waals surface area contributed by atoms with E-state index in [0.29, 0.717) is 24.2 Å². The molecule has 36 heavy (non-hydrogen) atoms. The molecule has 0 unspecified atom stereocenters. The predicted octanol–water partition coefficient (Wildman–Crippen LogP) is 3.73. The van der Waals surface area contributed by atoms with E-state index in [1.54, 1.807) is 13.0 Å². The van der Waals surface area contributed by atoms with E-state index >= 15 is 0 Å². The fourth-order valence-electron chi connectivity index (χ4n) is 9.25. The quantitative estimate of drug-likeness (QED) is 0.303. The zero-order valence-electron chi connectivity index (χ0n) is 22.4. The number of aliphatic hydroxyl groups is 3. The van der Waals surface area contributed by atoms with Gasteiger partial charge in [0.05, 0.1) is 31.0 Å². The minimum atomic E-state index is -0.858. The minimum Gasteiger partial charge on any atom is -0.466 e. The smallest absolute Gasteiger partial charge is 0.330 e. The van der Waals surface area contributed by atoms with Crippen molar-refractivity contribution >= 4 is 5.97 Å². The summed E-state index contributed by atoms with van der Waals surface area (Å²) in [6.07, 6.45) is 10.4. The van der Waals surface area contributed by atoms with Gasteiger partial charge in [-0.2, -0.15) is 0 Å². The Balaban J connectivity index is 1.26. The van der Waals surface area contributed by atoms with Gasteiger partial charge >= 0.3 is 5.97 Å². The third-order valence-electron chi connectivity index (χ3n) is 11.6. The molecule has 7 nitrogen and oxygen atoms in total. The van der Waals surface area contributed by atoms with Crippen LogP contribution in [0, 0.1) is 34.5 Å². The molecule has 4 aliphatic carbocycles. The van der Waals surface area contributed by atoms with Gasteiger partial charge in [0, 0.05) is 17.9 Å². The van der Waals surface area contributed by atoms with Crippen molar-refractivity contribution in [2.75, 3.05) is 7.11 Å². The van der Waals surface area contributed by atoms with E-state index in [2.05, 4.69) is 13.8 Å². The van der Waals surface area contributed by atoms with Gasteiger partial charge in [-0.05, 0) is 93.8 Å². The normalized spacial score (nSPS) is 52.9. The van der Waals surface area contributed by atoms with Gasteiger partial charge in [0.1, 0.15) is 6.10 Å². The highest BCUT2D eigenvalue weighted by Crippen LogP contribution is 2.69. The Morgan fingerprint density at radius 1 is 1.00 bits per heavy atom. The summed E-state index contributed by atoms with van der Waals surface area (Å²) in [5, 5.41) is 32.4. The lowest BCUT2D eigenvalue weighted by Crippen LogP contribution is -2.62. The van der Waals surface area contributed by atoms with E-state index in [-0.39, 0.29) is 28.8 Å². The Morgan fingerprint density at radius 3 is 2.50 bits per heavy atom. The first kappa shape index (κ1) is 26.6. The number of carbonyl (C=O) groups is 1. The topological polar surface area (TPSA) is 105 Å². The van der Waals surface area contributed by atoms with E-state index < -0.39 is 30.2 Å². The fourth-order valence-corrected chi connectivity index (χ4v) is 9.25. The van der Waals surface area contributed by atoms with Gasteiger partial charge in [-0.3, -0.25) is 0 Å². The summed E-state index contributed by atoms with van der Waals surface area (Å²) in [6, 6.07) is 0. The van der Waals surface area contributed by atoms with Crippen LogP contribution in [0.5, 0.6) is 0 Å². The van der Waals surface area contributed by atoms with E-state index in [0.717, 1.165) is 57.8 Å². The maximum absolute atomic E-state index is 12.3. The van der Waals surface area contributed by atoms with Crippen molar-refractivity contribution < 1.29 is 34.3 Å². The summed E-state index contributed by atoms with van der Waals surface area (Å²) in [5.74, 6) is 1.23. The van der Waals surface area contributed by atoms with E-state index in [1.165, 1.54) is 7.11 Å². The summed E-state index contributed by atoms with van der Waals surface area (Å²) in [4.78, 5) is 11.7. The molecule has 1 aliphatic heterocycles. The zero-order chi connectivity index (χ0) is 25.9. The predicted molar refractivity (Wildman–Crippen MR) is 134 cm³/mol. The molecule has 0 aromatic rings. The van der Waals surface area contributed by atoms with E-state index in [9.17, 15) is 20.1 Å². The van der Waals surface area contributed by atoms with Crippen LogP contribution in [-0.2, 0) is 19.0 Å². The number of rotatable bonds is 4. The Morgan fingerprint density at radius 2 is 1.78 bits per heavy atom. The molecule has 0 radical (unpaired) electrons. The highest BCUT2D eigenvalue weighted by Gasteiger charge is 2.66. The minimum absolute atomic E-state index is 0.107. The van der Waals surface area contributed by atoms with Crippen LogP contribution in [0.3, 0.4) is 0 Å². The van der Waals surface area contributed by atoms with Crippen molar-refractivity contribution in [3.05, 3.63) is 12.2 Å². The maximum Gasteiger partial charge on any atom is 0.330 e. The van der Waals surface area contributed by atoms with Gasteiger partial charge in [0.25, 0.3) is 0 Å². The van der Waals surface area contributed by atoms with Crippen LogP contribution >= 0.6 is 0 Å². The number of methoxy groups -OCH3 is 1. The summed E-state index contributed by atoms with van der Waals surface area (Å²) < 4.78 is 17.0. The number of hydrogen-bond acceptors (Lipinski definition) is 7. The first-order valence-electron chi connectivity index (χ1n) is 14.2. The molecule has 1 saturated heterocycles. The molecule has 5 fully saturated rings. The molecule has 3 N–H and O–H groups in total. The molecule has 0 spiro atoms. The highest BCUT2D eigenvalue weighted by atomic mass is 16.7. The molecule has 4 saturated carbocycles. The Hall–Kier alpha value is -0.990. The van der Waals surface area contributed by atoms with Crippen molar-refractivity contribution in [3.8, 4) is 0 Å². The van der Waals surface area contributed by atoms with Crippen LogP contribution in [0.2, 0.25) is 0 Å². The number of esters is 1. The molecular formula is C29H46O7. The molecule has 0 aromatic heterocycles. The average Bonchev–Trinajstić information content (AvgIpc) is 3.11. The fraction of sp³-hybridized carbons (Fsp3) is 0.897. The van der Waals surface area contributed by atoms with Crippen LogP contribution in [0.4, 0.5) is 0 Å². The Labute approximate surface area is 215 Å². The Bertz CT molecular complexity index is 849. The number of carbonyl (C=O) groups excluding carboxylic acids is 1. The van der Waals surface area contributed by atoms with Gasteiger partial charge in [-0.25, -0.2) is 4.79 Å². The molecule has 5 rings (SSSR count). The monoisotopic (exact) mass is 506 g/mol. The molecule has 12 atom stereocenters. The number of aliphatic hydroxyl groups excluding tert-OH is 2. The zero-order valence-corrected chi connectivity index (χ0v) is 22.4. The first-order valence-corrected chi connectivity index (χ1v) is 14.2. The second kappa shape index (κ2) is 9.64. The summed E-state index contributed by atoms with van der Waals surface area (Å²) in [5.41, 5.74) is -0.704. The molecule has 0 amide bonds. The summed E-state index contributed by atoms with van der Waals surface area (Å²) in [6.45, 7) is 6.49. The van der Waals surface area contributed by atoms with Crippen molar-refractivity contribution in [1.29, 1.82) is 0 Å². The van der Waals surface area contributed by atoms with Gasteiger partial charge in [-0.15, -0.1) is 0 Å². The first-order chi connectivity index (χ1) is 17.0. The van der Waals surface area contributed by atoms with Crippen molar-refractivity contribution in [3.63, 3.8) is 0 Å². The van der Waals surface area contributed by atoms with Crippen LogP contribution in [0.25, 0.3) is 0 Å². The average molecular weight is 507 g/mol. The third-order valence-corrected chi connectivity index (χ3v) is 11.6. The van der Waals surface area contributed by atoms with Crippen LogP contribution in [-0.4, -0.2) is 64.7 Å². The highest BCUT2D eigenvalue weighted by molar-refractivity contribution is 5.81. The maximum atomic E-state index is 12.3. The van der Waals surface area contributed by atoms with E-state index in [1.807, 2.05) is 6.08 Å². The molecule has 0 bridgehead atoms.